The third kappa shape index (κ3) is 4.69. The molecule has 0 radical (unpaired) electrons. The molecule has 0 aliphatic carbocycles. The van der Waals surface area contributed by atoms with Crippen LogP contribution in [0.3, 0.4) is 0 Å². The Bertz CT molecular complexity index is 443. The van der Waals surface area contributed by atoms with E-state index in [0.717, 1.165) is 32.6 Å². The van der Waals surface area contributed by atoms with Crippen LogP contribution < -0.4 is 5.32 Å². The number of ether oxygens (including phenoxy) is 1. The summed E-state index contributed by atoms with van der Waals surface area (Å²) < 4.78 is 5.43. The molecule has 1 aliphatic rings. The Morgan fingerprint density at radius 2 is 1.86 bits per heavy atom. The van der Waals surface area contributed by atoms with Crippen LogP contribution >= 0.6 is 0 Å². The normalized spacial score (nSPS) is 17.9. The van der Waals surface area contributed by atoms with Gasteiger partial charge in [0.2, 0.25) is 0 Å². The first-order valence-corrected chi connectivity index (χ1v) is 8.14. The van der Waals surface area contributed by atoms with Crippen molar-refractivity contribution in [2.45, 2.75) is 45.6 Å². The fourth-order valence-electron chi connectivity index (χ4n) is 2.85. The van der Waals surface area contributed by atoms with Crippen LogP contribution in [-0.4, -0.2) is 25.8 Å². The SMILES string of the molecule is C=C(C(C)C)[C@H](CNC1CCOCC1)c1ccc(C)cc1. The lowest BCUT2D eigenvalue weighted by Gasteiger charge is -2.28. The van der Waals surface area contributed by atoms with Gasteiger partial charge in [-0.3, -0.25) is 0 Å². The van der Waals surface area contributed by atoms with Crippen LogP contribution in [0.5, 0.6) is 0 Å². The summed E-state index contributed by atoms with van der Waals surface area (Å²) in [5.74, 6) is 0.904. The van der Waals surface area contributed by atoms with Crippen LogP contribution in [0.4, 0.5) is 0 Å². The molecule has 1 aromatic rings. The maximum atomic E-state index is 5.43. The number of rotatable bonds is 6. The van der Waals surface area contributed by atoms with E-state index in [0.29, 0.717) is 17.9 Å². The molecule has 0 unspecified atom stereocenters. The second-order valence-electron chi connectivity index (χ2n) is 6.49. The molecule has 0 aromatic heterocycles. The molecular weight excluding hydrogens is 258 g/mol. The Morgan fingerprint density at radius 1 is 1.24 bits per heavy atom. The fourth-order valence-corrected chi connectivity index (χ4v) is 2.85. The monoisotopic (exact) mass is 287 g/mol. The van der Waals surface area contributed by atoms with Crippen LogP contribution in [0, 0.1) is 12.8 Å². The van der Waals surface area contributed by atoms with Crippen molar-refractivity contribution in [3.8, 4) is 0 Å². The highest BCUT2D eigenvalue weighted by Crippen LogP contribution is 2.28. The van der Waals surface area contributed by atoms with Crippen molar-refractivity contribution in [1.29, 1.82) is 0 Å². The fraction of sp³-hybridized carbons (Fsp3) is 0.579. The summed E-state index contributed by atoms with van der Waals surface area (Å²) in [5.41, 5.74) is 4.00. The zero-order valence-corrected chi connectivity index (χ0v) is 13.7. The van der Waals surface area contributed by atoms with E-state index >= 15 is 0 Å². The quantitative estimate of drug-likeness (QED) is 0.797. The summed E-state index contributed by atoms with van der Waals surface area (Å²) in [6, 6.07) is 9.49. The van der Waals surface area contributed by atoms with E-state index in [1.807, 2.05) is 0 Å². The van der Waals surface area contributed by atoms with E-state index in [1.165, 1.54) is 16.7 Å². The minimum atomic E-state index is 0.397. The smallest absolute Gasteiger partial charge is 0.0480 e. The van der Waals surface area contributed by atoms with Gasteiger partial charge in [0.05, 0.1) is 0 Å². The number of hydrogen-bond donors (Lipinski definition) is 1. The Labute approximate surface area is 129 Å². The highest BCUT2D eigenvalue weighted by atomic mass is 16.5. The van der Waals surface area contributed by atoms with E-state index in [2.05, 4.69) is 56.9 Å². The van der Waals surface area contributed by atoms with Gasteiger partial charge in [-0.15, -0.1) is 0 Å². The lowest BCUT2D eigenvalue weighted by atomic mass is 9.85. The second kappa shape index (κ2) is 7.77. The molecule has 0 spiro atoms. The topological polar surface area (TPSA) is 21.3 Å². The highest BCUT2D eigenvalue weighted by Gasteiger charge is 2.20. The predicted octanol–water partition coefficient (Wildman–Crippen LogP) is 4.06. The van der Waals surface area contributed by atoms with Crippen molar-refractivity contribution >= 4 is 0 Å². The lowest BCUT2D eigenvalue weighted by molar-refractivity contribution is 0.0778. The summed E-state index contributed by atoms with van der Waals surface area (Å²) in [6.45, 7) is 13.7. The third-order valence-corrected chi connectivity index (χ3v) is 4.50. The molecule has 1 saturated heterocycles. The van der Waals surface area contributed by atoms with Gasteiger partial charge in [-0.25, -0.2) is 0 Å². The Hall–Kier alpha value is -1.12. The van der Waals surface area contributed by atoms with Crippen molar-refractivity contribution < 1.29 is 4.74 Å². The molecule has 1 aliphatic heterocycles. The minimum Gasteiger partial charge on any atom is -0.381 e. The van der Waals surface area contributed by atoms with Gasteiger partial charge in [0.15, 0.2) is 0 Å². The van der Waals surface area contributed by atoms with Gasteiger partial charge in [0.1, 0.15) is 0 Å². The van der Waals surface area contributed by atoms with Crippen LogP contribution in [0.1, 0.15) is 43.7 Å². The summed E-state index contributed by atoms with van der Waals surface area (Å²) in [7, 11) is 0. The van der Waals surface area contributed by atoms with E-state index < -0.39 is 0 Å². The first-order valence-electron chi connectivity index (χ1n) is 8.14. The molecular formula is C19H29NO. The molecule has 2 rings (SSSR count). The standard InChI is InChI=1S/C19H29NO/c1-14(2)16(4)19(17-7-5-15(3)6-8-17)13-20-18-9-11-21-12-10-18/h5-8,14,18-20H,4,9-13H2,1-3H3/t19-/m0/s1. The highest BCUT2D eigenvalue weighted by molar-refractivity contribution is 5.31. The molecule has 0 bridgehead atoms. The molecule has 0 saturated carbocycles. The van der Waals surface area contributed by atoms with Crippen molar-refractivity contribution in [3.63, 3.8) is 0 Å². The van der Waals surface area contributed by atoms with Crippen LogP contribution in [0.25, 0.3) is 0 Å². The molecule has 0 amide bonds. The number of aryl methyl sites for hydroxylation is 1. The Balaban J connectivity index is 2.04. The average molecular weight is 287 g/mol. The molecule has 1 fully saturated rings. The van der Waals surface area contributed by atoms with Crippen molar-refractivity contribution in [3.05, 3.63) is 47.5 Å². The first-order chi connectivity index (χ1) is 10.1. The zero-order chi connectivity index (χ0) is 15.2. The predicted molar refractivity (Wildman–Crippen MR) is 89.7 cm³/mol. The molecule has 1 N–H and O–H groups in total. The molecule has 21 heavy (non-hydrogen) atoms. The Morgan fingerprint density at radius 3 is 2.43 bits per heavy atom. The van der Waals surface area contributed by atoms with Crippen molar-refractivity contribution in [2.75, 3.05) is 19.8 Å². The average Bonchev–Trinajstić information content (AvgIpc) is 2.50. The molecule has 1 aromatic carbocycles. The van der Waals surface area contributed by atoms with E-state index in [-0.39, 0.29) is 0 Å². The molecule has 2 heteroatoms. The maximum absolute atomic E-state index is 5.43. The largest absolute Gasteiger partial charge is 0.381 e. The van der Waals surface area contributed by atoms with Gasteiger partial charge in [0.25, 0.3) is 0 Å². The summed E-state index contributed by atoms with van der Waals surface area (Å²) in [6.07, 6.45) is 2.24. The van der Waals surface area contributed by atoms with Gasteiger partial charge in [0, 0.05) is 31.7 Å². The number of nitrogens with one attached hydrogen (secondary N) is 1. The number of hydrogen-bond acceptors (Lipinski definition) is 2. The van der Waals surface area contributed by atoms with Crippen LogP contribution in [0.15, 0.2) is 36.4 Å². The summed E-state index contributed by atoms with van der Waals surface area (Å²) in [5, 5.41) is 3.73. The maximum Gasteiger partial charge on any atom is 0.0480 e. The van der Waals surface area contributed by atoms with Crippen LogP contribution in [-0.2, 0) is 4.74 Å². The molecule has 2 nitrogen and oxygen atoms in total. The van der Waals surface area contributed by atoms with Crippen molar-refractivity contribution in [2.24, 2.45) is 5.92 Å². The van der Waals surface area contributed by atoms with Gasteiger partial charge >= 0.3 is 0 Å². The van der Waals surface area contributed by atoms with Crippen LogP contribution in [0.2, 0.25) is 0 Å². The van der Waals surface area contributed by atoms with Gasteiger partial charge in [-0.1, -0.05) is 55.8 Å². The molecule has 116 valence electrons. The summed E-state index contributed by atoms with van der Waals surface area (Å²) in [4.78, 5) is 0. The minimum absolute atomic E-state index is 0.397. The Kier molecular flexibility index (Phi) is 6.01. The number of benzene rings is 1. The van der Waals surface area contributed by atoms with Gasteiger partial charge < -0.3 is 10.1 Å². The van der Waals surface area contributed by atoms with Gasteiger partial charge in [-0.05, 0) is 31.2 Å². The third-order valence-electron chi connectivity index (χ3n) is 4.50. The molecule has 1 heterocycles. The van der Waals surface area contributed by atoms with Crippen molar-refractivity contribution in [1.82, 2.24) is 5.32 Å². The molecule has 1 atom stereocenters. The summed E-state index contributed by atoms with van der Waals surface area (Å²) >= 11 is 0. The van der Waals surface area contributed by atoms with E-state index in [4.69, 9.17) is 4.74 Å². The second-order valence-corrected chi connectivity index (χ2v) is 6.49. The van der Waals surface area contributed by atoms with E-state index in [9.17, 15) is 0 Å². The lowest BCUT2D eigenvalue weighted by Crippen LogP contribution is -2.37. The van der Waals surface area contributed by atoms with Gasteiger partial charge in [-0.2, -0.15) is 0 Å². The zero-order valence-electron chi connectivity index (χ0n) is 13.7. The van der Waals surface area contributed by atoms with E-state index in [1.54, 1.807) is 0 Å². The first kappa shape index (κ1) is 16.3.